The van der Waals surface area contributed by atoms with E-state index in [1.54, 1.807) is 6.92 Å². The molecule has 0 aromatic rings. The van der Waals surface area contributed by atoms with Gasteiger partial charge in [-0.05, 0) is 72.5 Å². The summed E-state index contributed by atoms with van der Waals surface area (Å²) in [6, 6.07) is 0. The SMILES string of the molecule is CC#CC#CC#CC#CC#CC#CC(=O)OC[C@@H](CO)OC(=O)CCCCCCCCCCCCCC. The first-order valence-electron chi connectivity index (χ1n) is 13.0. The summed E-state index contributed by atoms with van der Waals surface area (Å²) in [6.07, 6.45) is 13.9. The lowest BCUT2D eigenvalue weighted by Crippen LogP contribution is -2.28. The number of carbonyl (C=O) groups excluding carboxylic acids is 2. The molecule has 1 atom stereocenters. The van der Waals surface area contributed by atoms with Gasteiger partial charge in [0, 0.05) is 12.3 Å². The van der Waals surface area contributed by atoms with Crippen molar-refractivity contribution < 1.29 is 24.2 Å². The predicted molar refractivity (Wildman–Crippen MR) is 146 cm³/mol. The molecule has 0 aliphatic rings. The molecule has 0 heterocycles. The van der Waals surface area contributed by atoms with E-state index in [9.17, 15) is 14.7 Å². The normalized spacial score (nSPS) is 9.38. The second-order valence-corrected chi connectivity index (χ2v) is 8.16. The highest BCUT2D eigenvalue weighted by Crippen LogP contribution is 2.12. The quantitative estimate of drug-likeness (QED) is 0.137. The number of esters is 2. The molecule has 0 spiro atoms. The third kappa shape index (κ3) is 25.2. The Morgan fingerprint density at radius 1 is 0.676 bits per heavy atom. The first kappa shape index (κ1) is 33.3. The molecule has 0 amide bonds. The van der Waals surface area contributed by atoms with Crippen LogP contribution in [-0.2, 0) is 19.1 Å². The minimum absolute atomic E-state index is 0.277. The monoisotopic (exact) mass is 502 g/mol. The first-order valence-corrected chi connectivity index (χ1v) is 13.0. The fraction of sp³-hybridized carbons (Fsp3) is 0.562. The number of rotatable bonds is 17. The van der Waals surface area contributed by atoms with Gasteiger partial charge in [-0.2, -0.15) is 0 Å². The second kappa shape index (κ2) is 26.9. The van der Waals surface area contributed by atoms with E-state index in [-0.39, 0.29) is 13.0 Å². The third-order valence-electron chi connectivity index (χ3n) is 4.99. The van der Waals surface area contributed by atoms with Crippen LogP contribution >= 0.6 is 0 Å². The lowest BCUT2D eigenvalue weighted by molar-refractivity contribution is -0.159. The first-order chi connectivity index (χ1) is 18.1. The molecule has 37 heavy (non-hydrogen) atoms. The molecule has 0 aliphatic heterocycles. The molecule has 1 N–H and O–H groups in total. The largest absolute Gasteiger partial charge is 0.456 e. The average molecular weight is 503 g/mol. The number of unbranched alkanes of at least 4 members (excludes halogenated alkanes) is 11. The highest BCUT2D eigenvalue weighted by atomic mass is 16.6. The fourth-order valence-electron chi connectivity index (χ4n) is 3.08. The Hall–Kier alpha value is -3.74. The summed E-state index contributed by atoms with van der Waals surface area (Å²) in [4.78, 5) is 23.6. The summed E-state index contributed by atoms with van der Waals surface area (Å²) < 4.78 is 10.1. The van der Waals surface area contributed by atoms with E-state index in [4.69, 9.17) is 9.47 Å². The molecule has 0 bridgehead atoms. The van der Waals surface area contributed by atoms with Crippen molar-refractivity contribution in [2.24, 2.45) is 0 Å². The minimum Gasteiger partial charge on any atom is -0.456 e. The van der Waals surface area contributed by atoms with E-state index in [0.717, 1.165) is 19.3 Å². The number of hydrogen-bond donors (Lipinski definition) is 1. The van der Waals surface area contributed by atoms with Gasteiger partial charge in [0.1, 0.15) is 6.61 Å². The lowest BCUT2D eigenvalue weighted by atomic mass is 10.0. The maximum absolute atomic E-state index is 12.0. The highest BCUT2D eigenvalue weighted by molar-refractivity contribution is 5.89. The van der Waals surface area contributed by atoms with Gasteiger partial charge in [0.05, 0.1) is 6.61 Å². The summed E-state index contributed by atoms with van der Waals surface area (Å²) in [6.45, 7) is 3.19. The maximum atomic E-state index is 12.0. The summed E-state index contributed by atoms with van der Waals surface area (Å²) >= 11 is 0. The lowest BCUT2D eigenvalue weighted by Gasteiger charge is -2.14. The topological polar surface area (TPSA) is 72.8 Å². The summed E-state index contributed by atoms with van der Waals surface area (Å²) in [7, 11) is 0. The zero-order valence-corrected chi connectivity index (χ0v) is 22.3. The van der Waals surface area contributed by atoms with Crippen LogP contribution in [0.5, 0.6) is 0 Å². The van der Waals surface area contributed by atoms with Crippen LogP contribution in [0.4, 0.5) is 0 Å². The van der Waals surface area contributed by atoms with E-state index in [2.05, 4.69) is 78.0 Å². The Balaban J connectivity index is 3.98. The van der Waals surface area contributed by atoms with Gasteiger partial charge in [-0.25, -0.2) is 4.79 Å². The van der Waals surface area contributed by atoms with E-state index in [1.165, 1.54) is 57.8 Å². The van der Waals surface area contributed by atoms with Crippen molar-refractivity contribution in [1.82, 2.24) is 0 Å². The molecule has 5 heteroatoms. The Kier molecular flexibility index (Phi) is 24.1. The van der Waals surface area contributed by atoms with Crippen LogP contribution in [0.15, 0.2) is 0 Å². The molecule has 0 aromatic heterocycles. The van der Waals surface area contributed by atoms with Crippen molar-refractivity contribution in [3.63, 3.8) is 0 Å². The Morgan fingerprint density at radius 3 is 1.62 bits per heavy atom. The molecule has 0 rings (SSSR count). The van der Waals surface area contributed by atoms with Gasteiger partial charge in [-0.3, -0.25) is 4.79 Å². The van der Waals surface area contributed by atoms with Crippen molar-refractivity contribution in [3.05, 3.63) is 0 Å². The fourth-order valence-corrected chi connectivity index (χ4v) is 3.08. The molecule has 196 valence electrons. The molecular formula is C32H38O5. The van der Waals surface area contributed by atoms with Crippen LogP contribution in [0.1, 0.15) is 97.3 Å². The van der Waals surface area contributed by atoms with Crippen molar-refractivity contribution in [2.45, 2.75) is 103 Å². The molecular weight excluding hydrogens is 464 g/mol. The van der Waals surface area contributed by atoms with Gasteiger partial charge >= 0.3 is 11.9 Å². The molecule has 0 aromatic carbocycles. The third-order valence-corrected chi connectivity index (χ3v) is 4.99. The molecule has 0 saturated carbocycles. The molecule has 0 saturated heterocycles. The van der Waals surface area contributed by atoms with E-state index >= 15 is 0 Å². The Bertz CT molecular complexity index is 1030. The van der Waals surface area contributed by atoms with Gasteiger partial charge < -0.3 is 14.6 Å². The number of ether oxygens (including phenoxy) is 2. The van der Waals surface area contributed by atoms with E-state index in [0.29, 0.717) is 0 Å². The zero-order chi connectivity index (χ0) is 27.2. The van der Waals surface area contributed by atoms with Gasteiger partial charge in [-0.1, -0.05) is 83.5 Å². The number of hydrogen-bond acceptors (Lipinski definition) is 5. The van der Waals surface area contributed by atoms with Crippen LogP contribution in [-0.4, -0.2) is 36.4 Å². The molecule has 0 aliphatic carbocycles. The average Bonchev–Trinajstić information content (AvgIpc) is 2.90. The predicted octanol–water partition coefficient (Wildman–Crippen LogP) is 4.57. The number of aliphatic hydroxyl groups excluding tert-OH is 1. The minimum atomic E-state index is -0.919. The van der Waals surface area contributed by atoms with Gasteiger partial charge in [-0.15, -0.1) is 0 Å². The summed E-state index contributed by atoms with van der Waals surface area (Å²) in [5.74, 6) is 28.0. The Labute approximate surface area is 223 Å². The Morgan fingerprint density at radius 2 is 1.14 bits per heavy atom. The van der Waals surface area contributed by atoms with Crippen LogP contribution in [0, 0.1) is 71.0 Å². The highest BCUT2D eigenvalue weighted by Gasteiger charge is 2.15. The standard InChI is InChI=1S/C32H38O5/c1-3-5-7-9-11-13-15-17-19-21-23-25-27-32(35)37-30(28-33)29-36-31(34)26-24-22-20-18-16-14-12-10-8-6-4-2/h30,33H,3,5,7,9,11,13,15,17,19,21,23,25,27-29H2,1-2H3/t30-/m1/s1. The van der Waals surface area contributed by atoms with Crippen molar-refractivity contribution in [3.8, 4) is 71.0 Å². The van der Waals surface area contributed by atoms with Gasteiger partial charge in [0.25, 0.3) is 0 Å². The van der Waals surface area contributed by atoms with Gasteiger partial charge in [0.15, 0.2) is 6.10 Å². The summed E-state index contributed by atoms with van der Waals surface area (Å²) in [5.41, 5.74) is 0. The maximum Gasteiger partial charge on any atom is 0.385 e. The molecule has 0 radical (unpaired) electrons. The van der Waals surface area contributed by atoms with Crippen LogP contribution in [0.25, 0.3) is 0 Å². The molecule has 5 nitrogen and oxygen atoms in total. The van der Waals surface area contributed by atoms with Crippen molar-refractivity contribution in [1.29, 1.82) is 0 Å². The van der Waals surface area contributed by atoms with Gasteiger partial charge in [0.2, 0.25) is 0 Å². The van der Waals surface area contributed by atoms with Crippen molar-refractivity contribution in [2.75, 3.05) is 13.2 Å². The summed E-state index contributed by atoms with van der Waals surface area (Å²) in [5, 5.41) is 9.37. The van der Waals surface area contributed by atoms with E-state index < -0.39 is 24.6 Å². The smallest absolute Gasteiger partial charge is 0.385 e. The molecule has 0 fully saturated rings. The van der Waals surface area contributed by atoms with Crippen LogP contribution in [0.2, 0.25) is 0 Å². The zero-order valence-electron chi connectivity index (χ0n) is 22.3. The van der Waals surface area contributed by atoms with Crippen LogP contribution in [0.3, 0.4) is 0 Å². The number of aliphatic hydroxyl groups is 1. The second-order valence-electron chi connectivity index (χ2n) is 8.16. The molecule has 0 unspecified atom stereocenters. The van der Waals surface area contributed by atoms with Crippen molar-refractivity contribution >= 4 is 11.9 Å². The van der Waals surface area contributed by atoms with Crippen LogP contribution < -0.4 is 0 Å². The van der Waals surface area contributed by atoms with E-state index in [1.807, 2.05) is 0 Å². The number of carbonyl (C=O) groups is 2.